The van der Waals surface area contributed by atoms with E-state index in [1.807, 2.05) is 19.2 Å². The summed E-state index contributed by atoms with van der Waals surface area (Å²) in [7, 11) is 0. The third-order valence-electron chi connectivity index (χ3n) is 2.01. The van der Waals surface area contributed by atoms with Crippen molar-refractivity contribution < 1.29 is 0 Å². The lowest BCUT2D eigenvalue weighted by Gasteiger charge is -2.01. The molecule has 92 valence electrons. The molecule has 0 aliphatic carbocycles. The van der Waals surface area contributed by atoms with Gasteiger partial charge in [0, 0.05) is 29.2 Å². The summed E-state index contributed by atoms with van der Waals surface area (Å²) in [5.41, 5.74) is 8.62. The smallest absolute Gasteiger partial charge is 0.124 e. The van der Waals surface area contributed by atoms with Gasteiger partial charge in [0.25, 0.3) is 0 Å². The number of nitrogens with two attached hydrogens (primary N) is 1. The van der Waals surface area contributed by atoms with Gasteiger partial charge in [0.15, 0.2) is 0 Å². The van der Waals surface area contributed by atoms with Gasteiger partial charge in [-0.3, -0.25) is 0 Å². The Balaban J connectivity index is 0.000000437. The third kappa shape index (κ3) is 3.79. The molecule has 0 saturated carbocycles. The monoisotopic (exact) mass is 251 g/mol. The molecule has 0 aliphatic heterocycles. The number of nitrogen functional groups attached to an aromatic ring is 1. The van der Waals surface area contributed by atoms with Crippen molar-refractivity contribution in [3.05, 3.63) is 35.2 Å². The molecule has 2 heterocycles. The number of aromatic amines is 1. The van der Waals surface area contributed by atoms with Gasteiger partial charge in [0.1, 0.15) is 5.82 Å². The number of hydrogen-bond donors (Lipinski definition) is 2. The van der Waals surface area contributed by atoms with Crippen molar-refractivity contribution in [2.75, 3.05) is 5.73 Å². The highest BCUT2D eigenvalue weighted by atomic mass is 35.5. The normalized spacial score (nSPS) is 9.65. The predicted molar refractivity (Wildman–Crippen MR) is 74.1 cm³/mol. The zero-order valence-corrected chi connectivity index (χ0v) is 11.2. The number of pyridine rings is 1. The van der Waals surface area contributed by atoms with E-state index in [-0.39, 0.29) is 0 Å². The first-order chi connectivity index (χ1) is 8.08. The zero-order valence-electron chi connectivity index (χ0n) is 10.4. The minimum absolute atomic E-state index is 0.475. The number of rotatable bonds is 1. The van der Waals surface area contributed by atoms with Crippen LogP contribution in [0.1, 0.15) is 26.0 Å². The van der Waals surface area contributed by atoms with E-state index in [0.29, 0.717) is 10.8 Å². The molecule has 2 rings (SSSR count). The molecular formula is C13H18ClN3. The molecule has 0 radical (unpaired) electrons. The van der Waals surface area contributed by atoms with Crippen LogP contribution in [0.5, 0.6) is 0 Å². The first-order valence-corrected chi connectivity index (χ1v) is 6.02. The van der Waals surface area contributed by atoms with Crippen LogP contribution in [0.15, 0.2) is 24.5 Å². The molecule has 2 aromatic rings. The Morgan fingerprint density at radius 1 is 1.35 bits per heavy atom. The molecule has 3 nitrogen and oxygen atoms in total. The quantitative estimate of drug-likeness (QED) is 0.804. The largest absolute Gasteiger partial charge is 0.384 e. The summed E-state index contributed by atoms with van der Waals surface area (Å²) in [4.78, 5) is 7.00. The van der Waals surface area contributed by atoms with E-state index in [0.717, 1.165) is 16.8 Å². The summed E-state index contributed by atoms with van der Waals surface area (Å²) < 4.78 is 0. The summed E-state index contributed by atoms with van der Waals surface area (Å²) in [5, 5.41) is 0.609. The lowest BCUT2D eigenvalue weighted by Crippen LogP contribution is -1.90. The van der Waals surface area contributed by atoms with Gasteiger partial charge in [0.05, 0.1) is 5.02 Å². The number of aryl methyl sites for hydroxylation is 1. The van der Waals surface area contributed by atoms with Gasteiger partial charge in [-0.25, -0.2) is 4.98 Å². The zero-order chi connectivity index (χ0) is 12.8. The van der Waals surface area contributed by atoms with Gasteiger partial charge in [-0.05, 0) is 19.1 Å². The summed E-state index contributed by atoms with van der Waals surface area (Å²) in [6, 6.07) is 3.78. The number of hydrogen-bond acceptors (Lipinski definition) is 2. The van der Waals surface area contributed by atoms with Gasteiger partial charge < -0.3 is 10.7 Å². The highest BCUT2D eigenvalue weighted by Gasteiger charge is 2.05. The van der Waals surface area contributed by atoms with Gasteiger partial charge in [-0.2, -0.15) is 0 Å². The van der Waals surface area contributed by atoms with E-state index >= 15 is 0 Å². The van der Waals surface area contributed by atoms with Crippen LogP contribution in [0.4, 0.5) is 5.82 Å². The van der Waals surface area contributed by atoms with Crippen molar-refractivity contribution in [1.82, 2.24) is 9.97 Å². The topological polar surface area (TPSA) is 54.7 Å². The van der Waals surface area contributed by atoms with Crippen LogP contribution >= 0.6 is 11.6 Å². The van der Waals surface area contributed by atoms with E-state index < -0.39 is 0 Å². The summed E-state index contributed by atoms with van der Waals surface area (Å²) >= 11 is 6.01. The molecule has 0 unspecified atom stereocenters. The van der Waals surface area contributed by atoms with Crippen LogP contribution in [-0.4, -0.2) is 9.97 Å². The van der Waals surface area contributed by atoms with E-state index in [1.54, 1.807) is 12.3 Å². The molecule has 4 heteroatoms. The lowest BCUT2D eigenvalue weighted by molar-refractivity contribution is 1.09. The molecule has 17 heavy (non-hydrogen) atoms. The van der Waals surface area contributed by atoms with Crippen LogP contribution in [0.3, 0.4) is 0 Å². The second-order valence-electron chi connectivity index (χ2n) is 3.87. The standard InChI is InChI=1S/C10H10ClN3.C3H8/c1-6-2-7(4-13-6)8-3-10(12)14-5-9(8)11;1-3-2/h2-5,13H,1H3,(H2,12,14);3H2,1-2H3. The van der Waals surface area contributed by atoms with Crippen molar-refractivity contribution in [3.63, 3.8) is 0 Å². The van der Waals surface area contributed by atoms with Crippen molar-refractivity contribution in [2.24, 2.45) is 0 Å². The van der Waals surface area contributed by atoms with Gasteiger partial charge in [-0.1, -0.05) is 31.9 Å². The van der Waals surface area contributed by atoms with E-state index in [2.05, 4.69) is 23.8 Å². The summed E-state index contributed by atoms with van der Waals surface area (Å²) in [6.45, 7) is 6.24. The Hall–Kier alpha value is -1.48. The van der Waals surface area contributed by atoms with Crippen molar-refractivity contribution in [2.45, 2.75) is 27.2 Å². The van der Waals surface area contributed by atoms with Crippen molar-refractivity contribution in [3.8, 4) is 11.1 Å². The highest BCUT2D eigenvalue weighted by Crippen LogP contribution is 2.28. The molecule has 3 N–H and O–H groups in total. The predicted octanol–water partition coefficient (Wildman–Crippen LogP) is 4.04. The second-order valence-corrected chi connectivity index (χ2v) is 4.27. The van der Waals surface area contributed by atoms with Gasteiger partial charge in [-0.15, -0.1) is 0 Å². The molecule has 2 aromatic heterocycles. The maximum Gasteiger partial charge on any atom is 0.124 e. The van der Waals surface area contributed by atoms with Crippen molar-refractivity contribution >= 4 is 17.4 Å². The Morgan fingerprint density at radius 2 is 2.00 bits per heavy atom. The van der Waals surface area contributed by atoms with Gasteiger partial charge >= 0.3 is 0 Å². The summed E-state index contributed by atoms with van der Waals surface area (Å²) in [5.74, 6) is 0.475. The first-order valence-electron chi connectivity index (χ1n) is 5.64. The number of H-pyrrole nitrogens is 1. The van der Waals surface area contributed by atoms with Crippen LogP contribution in [0.25, 0.3) is 11.1 Å². The molecule has 0 aromatic carbocycles. The fraction of sp³-hybridized carbons (Fsp3) is 0.308. The van der Waals surface area contributed by atoms with Crippen LogP contribution in [0.2, 0.25) is 5.02 Å². The fourth-order valence-corrected chi connectivity index (χ4v) is 1.55. The Morgan fingerprint density at radius 3 is 2.53 bits per heavy atom. The SMILES string of the molecule is CCC.Cc1cc(-c2cc(N)ncc2Cl)c[nH]1. The molecule has 0 amide bonds. The van der Waals surface area contributed by atoms with Gasteiger partial charge in [0.2, 0.25) is 0 Å². The number of halogens is 1. The molecule has 0 bridgehead atoms. The van der Waals surface area contributed by atoms with Crippen LogP contribution in [-0.2, 0) is 0 Å². The first kappa shape index (κ1) is 13.6. The minimum Gasteiger partial charge on any atom is -0.384 e. The maximum atomic E-state index is 6.01. The average molecular weight is 252 g/mol. The van der Waals surface area contributed by atoms with Crippen molar-refractivity contribution in [1.29, 1.82) is 0 Å². The average Bonchev–Trinajstić information content (AvgIpc) is 2.70. The molecule has 0 atom stereocenters. The minimum atomic E-state index is 0.475. The highest BCUT2D eigenvalue weighted by molar-refractivity contribution is 6.33. The van der Waals surface area contributed by atoms with E-state index in [4.69, 9.17) is 17.3 Å². The number of nitrogens with zero attached hydrogens (tertiary/aromatic N) is 1. The van der Waals surface area contributed by atoms with Crippen LogP contribution in [0, 0.1) is 6.92 Å². The number of aromatic nitrogens is 2. The molecule has 0 saturated heterocycles. The lowest BCUT2D eigenvalue weighted by atomic mass is 10.1. The number of nitrogens with one attached hydrogen (secondary N) is 1. The Labute approximate surface area is 107 Å². The molecule has 0 fully saturated rings. The molecular weight excluding hydrogens is 234 g/mol. The van der Waals surface area contributed by atoms with Crippen LogP contribution < -0.4 is 5.73 Å². The van der Waals surface area contributed by atoms with E-state index in [9.17, 15) is 0 Å². The second kappa shape index (κ2) is 6.30. The summed E-state index contributed by atoms with van der Waals surface area (Å²) in [6.07, 6.45) is 4.71. The Bertz CT molecular complexity index is 477. The van der Waals surface area contributed by atoms with E-state index in [1.165, 1.54) is 6.42 Å². The maximum absolute atomic E-state index is 6.01. The Kier molecular flexibility index (Phi) is 5.04. The fourth-order valence-electron chi connectivity index (χ4n) is 1.34. The number of anilines is 1. The molecule has 0 aliphatic rings. The third-order valence-corrected chi connectivity index (χ3v) is 2.32. The molecule has 0 spiro atoms.